The Balaban J connectivity index is 1.48. The molecule has 1 spiro atoms. The molecular formula is C37H32N2O3. The zero-order chi connectivity index (χ0) is 29.0. The second kappa shape index (κ2) is 9.95. The molecule has 5 nitrogen and oxygen atoms in total. The Kier molecular flexibility index (Phi) is 6.19. The van der Waals surface area contributed by atoms with Gasteiger partial charge in [0.1, 0.15) is 11.5 Å². The van der Waals surface area contributed by atoms with Crippen molar-refractivity contribution in [2.45, 2.75) is 37.8 Å². The molecule has 0 aromatic heterocycles. The van der Waals surface area contributed by atoms with Gasteiger partial charge in [0.25, 0.3) is 0 Å². The minimum atomic E-state index is -1.30. The van der Waals surface area contributed by atoms with Gasteiger partial charge < -0.3 is 10.2 Å². The van der Waals surface area contributed by atoms with Gasteiger partial charge >= 0.3 is 0 Å². The van der Waals surface area contributed by atoms with Crippen LogP contribution in [0.15, 0.2) is 109 Å². The summed E-state index contributed by atoms with van der Waals surface area (Å²) < 4.78 is 0. The van der Waals surface area contributed by atoms with Gasteiger partial charge in [-0.2, -0.15) is 0 Å². The van der Waals surface area contributed by atoms with E-state index in [0.717, 1.165) is 28.8 Å². The number of hydrogen-bond acceptors (Lipinski definition) is 4. The van der Waals surface area contributed by atoms with E-state index >= 15 is 0 Å². The van der Waals surface area contributed by atoms with Crippen molar-refractivity contribution >= 4 is 34.9 Å². The lowest BCUT2D eigenvalue weighted by Gasteiger charge is -2.37. The van der Waals surface area contributed by atoms with Crippen molar-refractivity contribution in [2.75, 3.05) is 10.2 Å². The van der Waals surface area contributed by atoms with Crippen molar-refractivity contribution in [3.8, 4) is 0 Å². The van der Waals surface area contributed by atoms with Gasteiger partial charge in [-0.05, 0) is 41.2 Å². The fourth-order valence-corrected chi connectivity index (χ4v) is 7.35. The van der Waals surface area contributed by atoms with Crippen LogP contribution in [0.5, 0.6) is 0 Å². The molecule has 42 heavy (non-hydrogen) atoms. The Morgan fingerprint density at radius 2 is 1.48 bits per heavy atom. The lowest BCUT2D eigenvalue weighted by molar-refractivity contribution is -0.121. The summed E-state index contributed by atoms with van der Waals surface area (Å²) in [5.74, 6) is -1.10. The van der Waals surface area contributed by atoms with Gasteiger partial charge in [0.2, 0.25) is 5.91 Å². The molecule has 208 valence electrons. The third-order valence-electron chi connectivity index (χ3n) is 9.03. The molecule has 4 aromatic rings. The fraction of sp³-hybridized carbons (Fsp3) is 0.216. The first-order valence-corrected chi connectivity index (χ1v) is 14.6. The summed E-state index contributed by atoms with van der Waals surface area (Å²) in [4.78, 5) is 46.0. The Morgan fingerprint density at radius 1 is 0.810 bits per heavy atom. The van der Waals surface area contributed by atoms with E-state index in [-0.39, 0.29) is 17.5 Å². The molecule has 0 unspecified atom stereocenters. The van der Waals surface area contributed by atoms with Gasteiger partial charge in [-0.3, -0.25) is 14.4 Å². The number of fused-ring (bicyclic) bond motifs is 6. The summed E-state index contributed by atoms with van der Waals surface area (Å²) in [5, 5.41) is 3.09. The lowest BCUT2D eigenvalue weighted by Crippen LogP contribution is -2.51. The minimum absolute atomic E-state index is 0.172. The van der Waals surface area contributed by atoms with Crippen LogP contribution < -0.4 is 10.2 Å². The first kappa shape index (κ1) is 26.1. The second-order valence-corrected chi connectivity index (χ2v) is 12.0. The number of para-hydroxylation sites is 2. The zero-order valence-electron chi connectivity index (χ0n) is 23.7. The Morgan fingerprint density at radius 3 is 2.24 bits per heavy atom. The van der Waals surface area contributed by atoms with Crippen LogP contribution in [-0.2, 0) is 16.6 Å². The summed E-state index contributed by atoms with van der Waals surface area (Å²) in [6.07, 6.45) is 4.93. The van der Waals surface area contributed by atoms with Crippen molar-refractivity contribution in [3.05, 3.63) is 137 Å². The molecule has 4 aromatic carbocycles. The Bertz CT molecular complexity index is 1740. The van der Waals surface area contributed by atoms with E-state index in [1.807, 2.05) is 108 Å². The van der Waals surface area contributed by atoms with E-state index in [4.69, 9.17) is 0 Å². The summed E-state index contributed by atoms with van der Waals surface area (Å²) in [6.45, 7) is 4.33. The van der Waals surface area contributed by atoms with Crippen LogP contribution >= 0.6 is 0 Å². The highest BCUT2D eigenvalue weighted by Gasteiger charge is 2.70. The molecule has 1 N–H and O–H groups in total. The summed E-state index contributed by atoms with van der Waals surface area (Å²) in [5.41, 5.74) is 4.11. The summed E-state index contributed by atoms with van der Waals surface area (Å²) in [7, 11) is 0. The van der Waals surface area contributed by atoms with Crippen LogP contribution in [0.25, 0.3) is 6.08 Å². The largest absolute Gasteiger partial charge is 0.352 e. The van der Waals surface area contributed by atoms with Crippen molar-refractivity contribution in [2.24, 2.45) is 11.8 Å². The third-order valence-corrected chi connectivity index (χ3v) is 9.03. The standard InChI is InChI=1S/C37H32N2O3/c1-23(2)22-24-16-18-27(19-17-24)34(40)32-33(35(41)26-11-4-3-5-12-26)39-30-15-9-6-10-25(30)20-21-31(39)37(32)28-13-7-8-14-29(28)38-36(37)42/h3-21,23,31-33H,22H2,1-2H3,(H,38,42)/t31-,32+,33+,37+/m1/s1. The highest BCUT2D eigenvalue weighted by molar-refractivity contribution is 6.18. The van der Waals surface area contributed by atoms with E-state index in [2.05, 4.69) is 19.2 Å². The van der Waals surface area contributed by atoms with E-state index in [0.29, 0.717) is 22.7 Å². The maximum Gasteiger partial charge on any atom is 0.238 e. The van der Waals surface area contributed by atoms with Gasteiger partial charge in [0.05, 0.1) is 12.0 Å². The number of nitrogens with one attached hydrogen (secondary N) is 1. The number of carbonyl (C=O) groups excluding carboxylic acids is 3. The highest BCUT2D eigenvalue weighted by Crippen LogP contribution is 2.58. The molecule has 1 saturated heterocycles. The predicted molar refractivity (Wildman–Crippen MR) is 166 cm³/mol. The molecule has 3 heterocycles. The van der Waals surface area contributed by atoms with Gasteiger partial charge in [-0.25, -0.2) is 0 Å². The van der Waals surface area contributed by atoms with Gasteiger partial charge in [-0.15, -0.1) is 0 Å². The Labute approximate surface area is 245 Å². The monoisotopic (exact) mass is 552 g/mol. The summed E-state index contributed by atoms with van der Waals surface area (Å²) in [6, 6.07) is 30.9. The van der Waals surface area contributed by atoms with Crippen LogP contribution in [0, 0.1) is 11.8 Å². The molecule has 0 radical (unpaired) electrons. The van der Waals surface area contributed by atoms with E-state index in [9.17, 15) is 14.4 Å². The number of rotatable bonds is 6. The smallest absolute Gasteiger partial charge is 0.238 e. The zero-order valence-corrected chi connectivity index (χ0v) is 23.7. The fourth-order valence-electron chi connectivity index (χ4n) is 7.35. The maximum absolute atomic E-state index is 14.9. The van der Waals surface area contributed by atoms with Crippen molar-refractivity contribution in [1.29, 1.82) is 0 Å². The van der Waals surface area contributed by atoms with Crippen LogP contribution in [0.2, 0.25) is 0 Å². The molecule has 0 bridgehead atoms. The molecule has 5 heteroatoms. The molecule has 0 saturated carbocycles. The average Bonchev–Trinajstić information content (AvgIpc) is 3.49. The normalized spacial score (nSPS) is 23.5. The molecule has 0 aliphatic carbocycles. The minimum Gasteiger partial charge on any atom is -0.352 e. The molecule has 3 aliphatic heterocycles. The first-order valence-electron chi connectivity index (χ1n) is 14.6. The van der Waals surface area contributed by atoms with Crippen molar-refractivity contribution < 1.29 is 14.4 Å². The summed E-state index contributed by atoms with van der Waals surface area (Å²) >= 11 is 0. The van der Waals surface area contributed by atoms with Crippen LogP contribution in [-0.4, -0.2) is 29.6 Å². The predicted octanol–water partition coefficient (Wildman–Crippen LogP) is 6.74. The number of amides is 1. The van der Waals surface area contributed by atoms with Crippen LogP contribution in [0.1, 0.15) is 51.3 Å². The van der Waals surface area contributed by atoms with E-state index in [1.165, 1.54) is 0 Å². The molecule has 7 rings (SSSR count). The average molecular weight is 553 g/mol. The number of hydrogen-bond donors (Lipinski definition) is 1. The molecule has 1 amide bonds. The number of ketones is 2. The quantitative estimate of drug-likeness (QED) is 0.269. The van der Waals surface area contributed by atoms with Crippen molar-refractivity contribution in [3.63, 3.8) is 0 Å². The van der Waals surface area contributed by atoms with Gasteiger partial charge in [0, 0.05) is 22.5 Å². The van der Waals surface area contributed by atoms with Gasteiger partial charge in [-0.1, -0.05) is 117 Å². The molecule has 4 atom stereocenters. The number of nitrogens with zero attached hydrogens (tertiary/aromatic N) is 1. The molecule has 1 fully saturated rings. The molecule has 3 aliphatic rings. The van der Waals surface area contributed by atoms with E-state index in [1.54, 1.807) is 12.1 Å². The van der Waals surface area contributed by atoms with Gasteiger partial charge in [0.15, 0.2) is 11.6 Å². The SMILES string of the molecule is CC(C)Cc1ccc(C(=O)[C@@H]2[C@@H](C(=O)c3ccccc3)N3c4ccccc4C=C[C@@H]3[C@]23C(=O)Nc2ccccc23)cc1. The molecular weight excluding hydrogens is 520 g/mol. The lowest BCUT2D eigenvalue weighted by atomic mass is 9.64. The second-order valence-electron chi connectivity index (χ2n) is 12.0. The van der Waals surface area contributed by atoms with Crippen LogP contribution in [0.3, 0.4) is 0 Å². The highest BCUT2D eigenvalue weighted by atomic mass is 16.2. The van der Waals surface area contributed by atoms with Crippen LogP contribution in [0.4, 0.5) is 11.4 Å². The Hall–Kier alpha value is -4.77. The van der Waals surface area contributed by atoms with Crippen molar-refractivity contribution in [1.82, 2.24) is 0 Å². The van der Waals surface area contributed by atoms with E-state index < -0.39 is 23.4 Å². The third kappa shape index (κ3) is 3.80. The number of benzene rings is 4. The maximum atomic E-state index is 14.9. The topological polar surface area (TPSA) is 66.5 Å². The number of anilines is 2. The number of Topliss-reactive ketones (excluding diaryl/α,β-unsaturated/α-hetero) is 2. The number of carbonyl (C=O) groups is 3. The first-order chi connectivity index (χ1) is 20.4.